The van der Waals surface area contributed by atoms with Crippen LogP contribution in [0.4, 0.5) is 10.1 Å². The van der Waals surface area contributed by atoms with Crippen LogP contribution >= 0.6 is 0 Å². The molecule has 0 aliphatic carbocycles. The predicted molar refractivity (Wildman–Crippen MR) is 112 cm³/mol. The maximum atomic E-state index is 14.2. The number of hydrogen-bond donors (Lipinski definition) is 2. The highest BCUT2D eigenvalue weighted by molar-refractivity contribution is 6.15. The molecule has 0 aromatic heterocycles. The Bertz CT molecular complexity index is 1090. The SMILES string of the molecule is CCC(C)N1C(=O)C2C(Cc3ccccc3)NC3(C(=O)Nc4ccc(F)cc43)C2C1=O. The van der Waals surface area contributed by atoms with E-state index in [1.165, 1.54) is 23.1 Å². The number of benzene rings is 2. The van der Waals surface area contributed by atoms with Crippen LogP contribution in [0.5, 0.6) is 0 Å². The molecule has 6 nitrogen and oxygen atoms in total. The van der Waals surface area contributed by atoms with Gasteiger partial charge in [0.25, 0.3) is 0 Å². The fraction of sp³-hybridized carbons (Fsp3) is 0.375. The second-order valence-corrected chi connectivity index (χ2v) is 8.70. The minimum Gasteiger partial charge on any atom is -0.324 e. The molecule has 0 saturated carbocycles. The van der Waals surface area contributed by atoms with Crippen LogP contribution in [0.1, 0.15) is 31.4 Å². The van der Waals surface area contributed by atoms with Crippen LogP contribution in [0.3, 0.4) is 0 Å². The summed E-state index contributed by atoms with van der Waals surface area (Å²) < 4.78 is 14.2. The standard InChI is InChI=1S/C24H24FN3O3/c1-3-13(2)28-21(29)19-18(11-14-7-5-4-6-8-14)27-24(20(19)22(28)30)16-12-15(25)9-10-17(16)26-23(24)31/h4-10,12-13,18-20,27H,3,11H2,1-2H3,(H,26,31). The molecule has 7 heteroatoms. The number of nitrogens with zero attached hydrogens (tertiary/aromatic N) is 1. The minimum atomic E-state index is -1.46. The smallest absolute Gasteiger partial charge is 0.250 e. The third kappa shape index (κ3) is 2.69. The first-order valence-corrected chi connectivity index (χ1v) is 10.7. The van der Waals surface area contributed by atoms with Gasteiger partial charge in [0.15, 0.2) is 0 Å². The van der Waals surface area contributed by atoms with E-state index in [0.717, 1.165) is 5.56 Å². The molecule has 3 heterocycles. The predicted octanol–water partition coefficient (Wildman–Crippen LogP) is 2.59. The van der Waals surface area contributed by atoms with Crippen molar-refractivity contribution in [3.63, 3.8) is 0 Å². The Morgan fingerprint density at radius 3 is 2.55 bits per heavy atom. The molecule has 2 aromatic rings. The van der Waals surface area contributed by atoms with E-state index in [9.17, 15) is 18.8 Å². The maximum absolute atomic E-state index is 14.2. The molecule has 5 atom stereocenters. The number of amides is 3. The summed E-state index contributed by atoms with van der Waals surface area (Å²) in [6, 6.07) is 13.0. The van der Waals surface area contributed by atoms with E-state index in [1.54, 1.807) is 0 Å². The van der Waals surface area contributed by atoms with Gasteiger partial charge in [0.2, 0.25) is 17.7 Å². The van der Waals surface area contributed by atoms with Crippen LogP contribution < -0.4 is 10.6 Å². The van der Waals surface area contributed by atoms with Gasteiger partial charge in [0, 0.05) is 23.3 Å². The van der Waals surface area contributed by atoms with Crippen LogP contribution in [-0.4, -0.2) is 34.7 Å². The van der Waals surface area contributed by atoms with Gasteiger partial charge in [0.05, 0.1) is 11.8 Å². The number of carbonyl (C=O) groups excluding carboxylic acids is 3. The van der Waals surface area contributed by atoms with Crippen LogP contribution in [0.25, 0.3) is 0 Å². The monoisotopic (exact) mass is 421 g/mol. The van der Waals surface area contributed by atoms with Gasteiger partial charge in [-0.2, -0.15) is 0 Å². The second kappa shape index (κ2) is 6.99. The van der Waals surface area contributed by atoms with Gasteiger partial charge in [-0.05, 0) is 43.5 Å². The Balaban J connectivity index is 1.66. The zero-order valence-electron chi connectivity index (χ0n) is 17.4. The second-order valence-electron chi connectivity index (χ2n) is 8.70. The van der Waals surface area contributed by atoms with Crippen LogP contribution in [0.2, 0.25) is 0 Å². The van der Waals surface area contributed by atoms with Crippen molar-refractivity contribution in [2.75, 3.05) is 5.32 Å². The molecule has 3 aliphatic heterocycles. The zero-order chi connectivity index (χ0) is 21.9. The van der Waals surface area contributed by atoms with Gasteiger partial charge >= 0.3 is 0 Å². The molecule has 2 fully saturated rings. The van der Waals surface area contributed by atoms with Crippen LogP contribution in [0, 0.1) is 17.7 Å². The lowest BCUT2D eigenvalue weighted by Gasteiger charge is -2.31. The van der Waals surface area contributed by atoms with E-state index in [1.807, 2.05) is 44.2 Å². The van der Waals surface area contributed by atoms with E-state index in [4.69, 9.17) is 0 Å². The number of anilines is 1. The molecule has 2 aromatic carbocycles. The first-order chi connectivity index (χ1) is 14.9. The summed E-state index contributed by atoms with van der Waals surface area (Å²) >= 11 is 0. The zero-order valence-corrected chi connectivity index (χ0v) is 17.4. The van der Waals surface area contributed by atoms with Crippen molar-refractivity contribution >= 4 is 23.4 Å². The molecule has 1 spiro atoms. The van der Waals surface area contributed by atoms with E-state index < -0.39 is 35.1 Å². The normalized spacial score (nSPS) is 30.0. The van der Waals surface area contributed by atoms with Crippen molar-refractivity contribution in [2.45, 2.75) is 44.3 Å². The lowest BCUT2D eigenvalue weighted by molar-refractivity contribution is -0.145. The highest BCUT2D eigenvalue weighted by atomic mass is 19.1. The van der Waals surface area contributed by atoms with Gasteiger partial charge in [0.1, 0.15) is 11.4 Å². The third-order valence-electron chi connectivity index (χ3n) is 7.04. The summed E-state index contributed by atoms with van der Waals surface area (Å²) in [5, 5.41) is 6.14. The van der Waals surface area contributed by atoms with Gasteiger partial charge in [-0.25, -0.2) is 4.39 Å². The Kier molecular flexibility index (Phi) is 4.48. The molecule has 5 rings (SSSR count). The van der Waals surface area contributed by atoms with E-state index in [-0.39, 0.29) is 17.9 Å². The summed E-state index contributed by atoms with van der Waals surface area (Å²) in [5.41, 5.74) is 0.405. The highest BCUT2D eigenvalue weighted by Gasteiger charge is 2.70. The number of nitrogens with one attached hydrogen (secondary N) is 2. The highest BCUT2D eigenvalue weighted by Crippen LogP contribution is 2.53. The molecule has 2 N–H and O–H groups in total. The fourth-order valence-corrected chi connectivity index (χ4v) is 5.46. The molecule has 160 valence electrons. The molecule has 31 heavy (non-hydrogen) atoms. The molecular weight excluding hydrogens is 397 g/mol. The van der Waals surface area contributed by atoms with Crippen LogP contribution in [-0.2, 0) is 26.3 Å². The average molecular weight is 421 g/mol. The summed E-state index contributed by atoms with van der Waals surface area (Å²) in [7, 11) is 0. The lowest BCUT2D eigenvalue weighted by atomic mass is 9.76. The van der Waals surface area contributed by atoms with Gasteiger partial charge < -0.3 is 5.32 Å². The summed E-state index contributed by atoms with van der Waals surface area (Å²) in [6.07, 6.45) is 1.10. The number of carbonyl (C=O) groups is 3. The van der Waals surface area contributed by atoms with Crippen LogP contribution in [0.15, 0.2) is 48.5 Å². The average Bonchev–Trinajstić information content (AvgIpc) is 3.33. The summed E-state index contributed by atoms with van der Waals surface area (Å²) in [4.78, 5) is 41.7. The Morgan fingerprint density at radius 2 is 1.84 bits per heavy atom. The molecular formula is C24H24FN3O3. The van der Waals surface area contributed by atoms with Crippen molar-refractivity contribution < 1.29 is 18.8 Å². The number of halogens is 1. The van der Waals surface area contributed by atoms with E-state index >= 15 is 0 Å². The Hall–Kier alpha value is -3.06. The fourth-order valence-electron chi connectivity index (χ4n) is 5.46. The largest absolute Gasteiger partial charge is 0.324 e. The van der Waals surface area contributed by atoms with E-state index in [0.29, 0.717) is 24.1 Å². The van der Waals surface area contributed by atoms with E-state index in [2.05, 4.69) is 10.6 Å². The van der Waals surface area contributed by atoms with Crippen molar-refractivity contribution in [1.29, 1.82) is 0 Å². The quantitative estimate of drug-likeness (QED) is 0.744. The van der Waals surface area contributed by atoms with Gasteiger partial charge in [-0.1, -0.05) is 37.3 Å². The summed E-state index contributed by atoms with van der Waals surface area (Å²) in [6.45, 7) is 3.76. The first kappa shape index (κ1) is 19.9. The number of imide groups is 1. The van der Waals surface area contributed by atoms with Crippen molar-refractivity contribution in [1.82, 2.24) is 10.2 Å². The van der Waals surface area contributed by atoms with Crippen molar-refractivity contribution in [2.24, 2.45) is 11.8 Å². The van der Waals surface area contributed by atoms with Gasteiger partial charge in [-0.15, -0.1) is 0 Å². The third-order valence-corrected chi connectivity index (χ3v) is 7.04. The number of hydrogen-bond acceptors (Lipinski definition) is 4. The molecule has 0 bridgehead atoms. The summed E-state index contributed by atoms with van der Waals surface area (Å²) in [5.74, 6) is -3.12. The number of fused-ring (bicyclic) bond motifs is 4. The lowest BCUT2D eigenvalue weighted by Crippen LogP contribution is -2.54. The topological polar surface area (TPSA) is 78.5 Å². The molecule has 3 amide bonds. The Labute approximate surface area is 179 Å². The van der Waals surface area contributed by atoms with Gasteiger partial charge in [-0.3, -0.25) is 24.6 Å². The maximum Gasteiger partial charge on any atom is 0.250 e. The molecule has 3 aliphatic rings. The van der Waals surface area contributed by atoms with Crippen molar-refractivity contribution in [3.05, 3.63) is 65.5 Å². The minimum absolute atomic E-state index is 0.257. The Morgan fingerprint density at radius 1 is 1.10 bits per heavy atom. The molecule has 0 radical (unpaired) electrons. The number of likely N-dealkylation sites (tertiary alicyclic amines) is 1. The van der Waals surface area contributed by atoms with Crippen molar-refractivity contribution in [3.8, 4) is 0 Å². The number of rotatable bonds is 4. The first-order valence-electron chi connectivity index (χ1n) is 10.7. The molecule has 5 unspecified atom stereocenters. The molecule has 2 saturated heterocycles.